The molecule has 2 heteroatoms. The number of hydrogen-bond acceptors (Lipinski definition) is 1. The van der Waals surface area contributed by atoms with Crippen molar-refractivity contribution in [2.24, 2.45) is 5.92 Å². The molecule has 0 aromatic carbocycles. The van der Waals surface area contributed by atoms with E-state index in [4.69, 9.17) is 5.11 Å². The second-order valence-electron chi connectivity index (χ2n) is 4.74. The second kappa shape index (κ2) is 6.20. The molecule has 1 N–H and O–H groups in total. The van der Waals surface area contributed by atoms with Gasteiger partial charge in [-0.2, -0.15) is 0 Å². The first-order valence-corrected chi connectivity index (χ1v) is 5.59. The lowest BCUT2D eigenvalue weighted by Crippen LogP contribution is -2.39. The molecule has 0 atom stereocenters. The van der Waals surface area contributed by atoms with E-state index < -0.39 is 0 Å². The van der Waals surface area contributed by atoms with E-state index >= 15 is 0 Å². The summed E-state index contributed by atoms with van der Waals surface area (Å²) in [4.78, 5) is 0. The van der Waals surface area contributed by atoms with Crippen molar-refractivity contribution >= 4 is 0 Å². The molecule has 0 spiro atoms. The zero-order valence-corrected chi connectivity index (χ0v) is 10.4. The van der Waals surface area contributed by atoms with Gasteiger partial charge in [0.15, 0.2) is 0 Å². The molecule has 0 fully saturated rings. The molecule has 0 bridgehead atoms. The summed E-state index contributed by atoms with van der Waals surface area (Å²) in [6.07, 6.45) is 4.32. The molecule has 0 aliphatic heterocycles. The van der Waals surface area contributed by atoms with Crippen molar-refractivity contribution in [1.82, 2.24) is 0 Å². The SMILES string of the molecule is CC/C(=C\C(C)C)[N+](C)(C)CCCO. The third-order valence-electron chi connectivity index (χ3n) is 2.54. The van der Waals surface area contributed by atoms with Crippen LogP contribution < -0.4 is 0 Å². The van der Waals surface area contributed by atoms with Gasteiger partial charge in [0.25, 0.3) is 0 Å². The van der Waals surface area contributed by atoms with Crippen LogP contribution in [0.4, 0.5) is 0 Å². The van der Waals surface area contributed by atoms with Crippen LogP contribution in [-0.4, -0.2) is 36.8 Å². The van der Waals surface area contributed by atoms with Gasteiger partial charge in [-0.05, 0) is 12.0 Å². The van der Waals surface area contributed by atoms with Gasteiger partial charge in [-0.25, -0.2) is 0 Å². The van der Waals surface area contributed by atoms with Gasteiger partial charge in [-0.15, -0.1) is 0 Å². The Labute approximate surface area is 88.8 Å². The molecule has 0 aliphatic carbocycles. The summed E-state index contributed by atoms with van der Waals surface area (Å²) in [7, 11) is 4.43. The number of nitrogens with zero attached hydrogens (tertiary/aromatic N) is 1. The number of allylic oxidation sites excluding steroid dienone is 2. The summed E-state index contributed by atoms with van der Waals surface area (Å²) in [6, 6.07) is 0. The monoisotopic (exact) mass is 200 g/mol. The van der Waals surface area contributed by atoms with E-state index in [-0.39, 0.29) is 0 Å². The first kappa shape index (κ1) is 13.7. The maximum atomic E-state index is 8.84. The Morgan fingerprint density at radius 3 is 2.29 bits per heavy atom. The first-order chi connectivity index (χ1) is 6.44. The van der Waals surface area contributed by atoms with Crippen LogP contribution in [0, 0.1) is 5.92 Å². The smallest absolute Gasteiger partial charge is 0.104 e. The van der Waals surface area contributed by atoms with Crippen LogP contribution in [-0.2, 0) is 0 Å². The third-order valence-corrected chi connectivity index (χ3v) is 2.54. The average molecular weight is 200 g/mol. The minimum Gasteiger partial charge on any atom is -0.396 e. The molecule has 2 nitrogen and oxygen atoms in total. The van der Waals surface area contributed by atoms with Crippen molar-refractivity contribution in [3.05, 3.63) is 11.8 Å². The molecular weight excluding hydrogens is 174 g/mol. The summed E-state index contributed by atoms with van der Waals surface area (Å²) >= 11 is 0. The highest BCUT2D eigenvalue weighted by Crippen LogP contribution is 2.17. The van der Waals surface area contributed by atoms with E-state index in [1.54, 1.807) is 0 Å². The molecule has 0 aliphatic rings. The van der Waals surface area contributed by atoms with Crippen LogP contribution in [0.15, 0.2) is 11.8 Å². The maximum Gasteiger partial charge on any atom is 0.104 e. The van der Waals surface area contributed by atoms with E-state index in [9.17, 15) is 0 Å². The van der Waals surface area contributed by atoms with Crippen LogP contribution >= 0.6 is 0 Å². The second-order valence-corrected chi connectivity index (χ2v) is 4.74. The Morgan fingerprint density at radius 2 is 1.93 bits per heavy atom. The first-order valence-electron chi connectivity index (χ1n) is 5.59. The van der Waals surface area contributed by atoms with Gasteiger partial charge in [0.2, 0.25) is 0 Å². The number of rotatable bonds is 6. The highest BCUT2D eigenvalue weighted by molar-refractivity contribution is 4.94. The molecule has 14 heavy (non-hydrogen) atoms. The summed E-state index contributed by atoms with van der Waals surface area (Å²) in [5.41, 5.74) is 1.47. The predicted octanol–water partition coefficient (Wildman–Crippen LogP) is 2.40. The van der Waals surface area contributed by atoms with E-state index in [0.29, 0.717) is 12.5 Å². The lowest BCUT2D eigenvalue weighted by Gasteiger charge is -2.31. The highest BCUT2D eigenvalue weighted by atomic mass is 16.3. The van der Waals surface area contributed by atoms with Gasteiger partial charge in [-0.3, -0.25) is 4.48 Å². The van der Waals surface area contributed by atoms with E-state index in [1.165, 1.54) is 5.70 Å². The van der Waals surface area contributed by atoms with Crippen LogP contribution in [0.25, 0.3) is 0 Å². The number of quaternary nitrogens is 1. The molecule has 0 radical (unpaired) electrons. The van der Waals surface area contributed by atoms with E-state index in [1.807, 2.05) is 0 Å². The third kappa shape index (κ3) is 4.77. The average Bonchev–Trinajstić information content (AvgIpc) is 2.10. The minimum atomic E-state index is 0.292. The lowest BCUT2D eigenvalue weighted by molar-refractivity contribution is -0.854. The summed E-state index contributed by atoms with van der Waals surface area (Å²) in [6.45, 7) is 7.93. The Hall–Kier alpha value is -0.340. The fraction of sp³-hybridized carbons (Fsp3) is 0.833. The number of hydrogen-bond donors (Lipinski definition) is 1. The highest BCUT2D eigenvalue weighted by Gasteiger charge is 2.19. The normalized spacial score (nSPS) is 13.8. The number of aliphatic hydroxyl groups excluding tert-OH is 1. The van der Waals surface area contributed by atoms with Crippen LogP contribution in [0.1, 0.15) is 33.6 Å². The largest absolute Gasteiger partial charge is 0.396 e. The number of aliphatic hydroxyl groups is 1. The fourth-order valence-electron chi connectivity index (χ4n) is 1.74. The Kier molecular flexibility index (Phi) is 6.05. The van der Waals surface area contributed by atoms with Gasteiger partial charge in [-0.1, -0.05) is 20.8 Å². The molecule has 0 heterocycles. The van der Waals surface area contributed by atoms with Crippen LogP contribution in [0.2, 0.25) is 0 Å². The van der Waals surface area contributed by atoms with Crippen molar-refractivity contribution in [3.63, 3.8) is 0 Å². The molecule has 0 saturated heterocycles. The minimum absolute atomic E-state index is 0.292. The standard InChI is InChI=1S/C12H26NO/c1-6-12(10-11(2)3)13(4,5)8-7-9-14/h10-11,14H,6-9H2,1-5H3/q+1/b12-10+. The molecule has 0 amide bonds. The lowest BCUT2D eigenvalue weighted by atomic mass is 10.1. The topological polar surface area (TPSA) is 20.2 Å². The van der Waals surface area contributed by atoms with Crippen molar-refractivity contribution < 1.29 is 9.59 Å². The molecule has 0 aromatic rings. The molecule has 0 aromatic heterocycles. The van der Waals surface area contributed by atoms with Gasteiger partial charge < -0.3 is 5.11 Å². The summed E-state index contributed by atoms with van der Waals surface area (Å²) in [5, 5.41) is 8.84. The quantitative estimate of drug-likeness (QED) is 0.653. The summed E-state index contributed by atoms with van der Waals surface area (Å²) in [5.74, 6) is 0.608. The van der Waals surface area contributed by atoms with E-state index in [0.717, 1.165) is 23.9 Å². The molecule has 0 rings (SSSR count). The molecule has 84 valence electrons. The molecule has 0 unspecified atom stereocenters. The van der Waals surface area contributed by atoms with Crippen molar-refractivity contribution in [1.29, 1.82) is 0 Å². The fourth-order valence-corrected chi connectivity index (χ4v) is 1.74. The van der Waals surface area contributed by atoms with Crippen molar-refractivity contribution in [2.45, 2.75) is 33.6 Å². The molecular formula is C12H26NO+. The predicted molar refractivity (Wildman–Crippen MR) is 61.9 cm³/mol. The van der Waals surface area contributed by atoms with Crippen molar-refractivity contribution in [3.8, 4) is 0 Å². The summed E-state index contributed by atoms with van der Waals surface area (Å²) < 4.78 is 0.912. The van der Waals surface area contributed by atoms with Gasteiger partial charge in [0, 0.05) is 19.4 Å². The van der Waals surface area contributed by atoms with Gasteiger partial charge >= 0.3 is 0 Å². The maximum absolute atomic E-state index is 8.84. The van der Waals surface area contributed by atoms with Crippen molar-refractivity contribution in [2.75, 3.05) is 27.2 Å². The Balaban J connectivity index is 4.48. The Bertz CT molecular complexity index is 183. The zero-order chi connectivity index (χ0) is 11.2. The van der Waals surface area contributed by atoms with Gasteiger partial charge in [0.1, 0.15) is 5.70 Å². The van der Waals surface area contributed by atoms with Crippen LogP contribution in [0.5, 0.6) is 0 Å². The van der Waals surface area contributed by atoms with Gasteiger partial charge in [0.05, 0.1) is 20.6 Å². The Morgan fingerprint density at radius 1 is 1.36 bits per heavy atom. The van der Waals surface area contributed by atoms with Crippen LogP contribution in [0.3, 0.4) is 0 Å². The zero-order valence-electron chi connectivity index (χ0n) is 10.4. The molecule has 0 saturated carbocycles. The van der Waals surface area contributed by atoms with E-state index in [2.05, 4.69) is 40.9 Å².